The molecular formula is C16H16N2O3. The smallest absolute Gasteiger partial charge is 0.325 e. The van der Waals surface area contributed by atoms with Crippen molar-refractivity contribution in [3.8, 4) is 0 Å². The van der Waals surface area contributed by atoms with Gasteiger partial charge in [0.15, 0.2) is 0 Å². The van der Waals surface area contributed by atoms with Crippen LogP contribution in [0.3, 0.4) is 0 Å². The number of rotatable bonds is 5. The lowest BCUT2D eigenvalue weighted by molar-refractivity contribution is -0.143. The van der Waals surface area contributed by atoms with Gasteiger partial charge in [0.1, 0.15) is 13.2 Å². The van der Waals surface area contributed by atoms with Crippen LogP contribution in [0.5, 0.6) is 0 Å². The summed E-state index contributed by atoms with van der Waals surface area (Å²) in [7, 11) is 0. The van der Waals surface area contributed by atoms with Crippen LogP contribution in [0.2, 0.25) is 0 Å². The van der Waals surface area contributed by atoms with E-state index in [0.29, 0.717) is 5.69 Å². The summed E-state index contributed by atoms with van der Waals surface area (Å²) in [6.07, 6.45) is 0. The lowest BCUT2D eigenvalue weighted by atomic mass is 10.2. The minimum Gasteiger partial charge on any atom is -0.460 e. The van der Waals surface area contributed by atoms with Gasteiger partial charge in [-0.2, -0.15) is 0 Å². The van der Waals surface area contributed by atoms with Crippen LogP contribution in [0.15, 0.2) is 60.7 Å². The van der Waals surface area contributed by atoms with E-state index in [0.717, 1.165) is 5.56 Å². The highest BCUT2D eigenvalue weighted by Crippen LogP contribution is 2.04. The van der Waals surface area contributed by atoms with Crippen LogP contribution in [-0.4, -0.2) is 18.5 Å². The third-order valence-electron chi connectivity index (χ3n) is 2.67. The van der Waals surface area contributed by atoms with Crippen LogP contribution in [-0.2, 0) is 16.1 Å². The van der Waals surface area contributed by atoms with E-state index in [-0.39, 0.29) is 13.2 Å². The summed E-state index contributed by atoms with van der Waals surface area (Å²) < 4.78 is 5.05. The third-order valence-corrected chi connectivity index (χ3v) is 2.67. The molecule has 21 heavy (non-hydrogen) atoms. The van der Waals surface area contributed by atoms with E-state index in [1.165, 1.54) is 0 Å². The van der Waals surface area contributed by atoms with E-state index < -0.39 is 12.0 Å². The molecule has 0 fully saturated rings. The number of benzene rings is 2. The predicted octanol–water partition coefficient (Wildman–Crippen LogP) is 2.55. The molecule has 0 aromatic heterocycles. The second-order valence-corrected chi connectivity index (χ2v) is 4.32. The van der Waals surface area contributed by atoms with Crippen LogP contribution in [0.4, 0.5) is 10.5 Å². The molecule has 108 valence electrons. The highest BCUT2D eigenvalue weighted by atomic mass is 16.5. The molecule has 0 unspecified atom stereocenters. The summed E-state index contributed by atoms with van der Waals surface area (Å²) >= 11 is 0. The average molecular weight is 284 g/mol. The zero-order chi connectivity index (χ0) is 14.9. The molecule has 0 heterocycles. The third kappa shape index (κ3) is 5.36. The van der Waals surface area contributed by atoms with Gasteiger partial charge in [0, 0.05) is 5.69 Å². The minimum absolute atomic E-state index is 0.175. The second kappa shape index (κ2) is 7.69. The Hall–Kier alpha value is -2.82. The Kier molecular flexibility index (Phi) is 5.34. The molecule has 2 amide bonds. The Morgan fingerprint density at radius 3 is 2.19 bits per heavy atom. The number of hydrogen-bond donors (Lipinski definition) is 2. The Bertz CT molecular complexity index is 585. The lowest BCUT2D eigenvalue weighted by Crippen LogP contribution is -2.34. The van der Waals surface area contributed by atoms with Gasteiger partial charge in [0.2, 0.25) is 0 Å². The minimum atomic E-state index is -0.484. The van der Waals surface area contributed by atoms with Gasteiger partial charge in [-0.25, -0.2) is 4.79 Å². The maximum Gasteiger partial charge on any atom is 0.325 e. The molecule has 2 N–H and O–H groups in total. The number of carbonyl (C=O) groups excluding carboxylic acids is 2. The normalized spacial score (nSPS) is 9.71. The van der Waals surface area contributed by atoms with Crippen molar-refractivity contribution < 1.29 is 14.3 Å². The van der Waals surface area contributed by atoms with Crippen molar-refractivity contribution in [2.75, 3.05) is 11.9 Å². The van der Waals surface area contributed by atoms with Crippen molar-refractivity contribution in [2.24, 2.45) is 0 Å². The summed E-state index contributed by atoms with van der Waals surface area (Å²) in [6, 6.07) is 17.9. The maximum atomic E-state index is 11.6. The molecule has 0 saturated heterocycles. The van der Waals surface area contributed by atoms with Gasteiger partial charge in [0.25, 0.3) is 0 Å². The topological polar surface area (TPSA) is 67.4 Å². The molecular weight excluding hydrogens is 268 g/mol. The number of anilines is 1. The van der Waals surface area contributed by atoms with Gasteiger partial charge in [-0.3, -0.25) is 4.79 Å². The van der Waals surface area contributed by atoms with Crippen LogP contribution in [0.1, 0.15) is 5.56 Å². The first kappa shape index (κ1) is 14.6. The molecule has 2 rings (SSSR count). The highest BCUT2D eigenvalue weighted by molar-refractivity contribution is 5.91. The van der Waals surface area contributed by atoms with Crippen LogP contribution < -0.4 is 10.6 Å². The Labute approximate surface area is 122 Å². The van der Waals surface area contributed by atoms with E-state index in [1.54, 1.807) is 12.1 Å². The molecule has 0 radical (unpaired) electrons. The first-order chi connectivity index (χ1) is 10.2. The number of carbonyl (C=O) groups is 2. The number of nitrogens with one attached hydrogen (secondary N) is 2. The standard InChI is InChI=1S/C16H16N2O3/c19-15(21-12-13-7-3-1-4-8-13)11-17-16(20)18-14-9-5-2-6-10-14/h1-10H,11-12H2,(H2,17,18,20). The number of urea groups is 1. The van der Waals surface area contributed by atoms with Gasteiger partial charge in [-0.1, -0.05) is 48.5 Å². The highest BCUT2D eigenvalue weighted by Gasteiger charge is 2.06. The van der Waals surface area contributed by atoms with E-state index in [2.05, 4.69) is 10.6 Å². The zero-order valence-corrected chi connectivity index (χ0v) is 11.4. The lowest BCUT2D eigenvalue weighted by Gasteiger charge is -2.08. The van der Waals surface area contributed by atoms with Crippen molar-refractivity contribution in [1.29, 1.82) is 0 Å². The molecule has 0 spiro atoms. The molecule has 0 aliphatic carbocycles. The fourth-order valence-electron chi connectivity index (χ4n) is 1.64. The summed E-state index contributed by atoms with van der Waals surface area (Å²) in [4.78, 5) is 23.1. The fraction of sp³-hybridized carbons (Fsp3) is 0.125. The fourth-order valence-corrected chi connectivity index (χ4v) is 1.64. The Morgan fingerprint density at radius 2 is 1.52 bits per heavy atom. The number of amides is 2. The van der Waals surface area contributed by atoms with Gasteiger partial charge in [-0.15, -0.1) is 0 Å². The molecule has 0 atom stereocenters. The number of para-hydroxylation sites is 1. The summed E-state index contributed by atoms with van der Waals surface area (Å²) in [5.41, 5.74) is 1.56. The second-order valence-electron chi connectivity index (χ2n) is 4.32. The van der Waals surface area contributed by atoms with E-state index in [1.807, 2.05) is 48.5 Å². The van der Waals surface area contributed by atoms with Crippen molar-refractivity contribution >= 4 is 17.7 Å². The summed E-state index contributed by atoms with van der Waals surface area (Å²) in [5.74, 6) is -0.484. The van der Waals surface area contributed by atoms with E-state index >= 15 is 0 Å². The summed E-state index contributed by atoms with van der Waals surface area (Å²) in [5, 5.41) is 5.06. The van der Waals surface area contributed by atoms with Crippen LogP contribution in [0.25, 0.3) is 0 Å². The van der Waals surface area contributed by atoms with Gasteiger partial charge < -0.3 is 15.4 Å². The quantitative estimate of drug-likeness (QED) is 0.829. The molecule has 5 nitrogen and oxygen atoms in total. The largest absolute Gasteiger partial charge is 0.460 e. The monoisotopic (exact) mass is 284 g/mol. The molecule has 2 aromatic carbocycles. The van der Waals surface area contributed by atoms with Crippen molar-refractivity contribution in [2.45, 2.75) is 6.61 Å². The molecule has 2 aromatic rings. The van der Waals surface area contributed by atoms with Crippen LogP contribution >= 0.6 is 0 Å². The molecule has 5 heteroatoms. The first-order valence-electron chi connectivity index (χ1n) is 6.53. The van der Waals surface area contributed by atoms with Crippen molar-refractivity contribution in [3.05, 3.63) is 66.2 Å². The predicted molar refractivity (Wildman–Crippen MR) is 79.7 cm³/mol. The van der Waals surface area contributed by atoms with Gasteiger partial charge in [0.05, 0.1) is 0 Å². The average Bonchev–Trinajstić information content (AvgIpc) is 2.53. The Morgan fingerprint density at radius 1 is 0.905 bits per heavy atom. The van der Waals surface area contributed by atoms with E-state index in [9.17, 15) is 9.59 Å². The van der Waals surface area contributed by atoms with Crippen LogP contribution in [0, 0.1) is 0 Å². The SMILES string of the molecule is O=C(NCC(=O)OCc1ccccc1)Nc1ccccc1. The molecule has 0 aliphatic rings. The van der Waals surface area contributed by atoms with E-state index in [4.69, 9.17) is 4.74 Å². The molecule has 0 bridgehead atoms. The Balaban J connectivity index is 1.68. The van der Waals surface area contributed by atoms with Crippen molar-refractivity contribution in [3.63, 3.8) is 0 Å². The molecule has 0 saturated carbocycles. The number of hydrogen-bond acceptors (Lipinski definition) is 3. The van der Waals surface area contributed by atoms with Gasteiger partial charge >= 0.3 is 12.0 Å². The maximum absolute atomic E-state index is 11.6. The van der Waals surface area contributed by atoms with Gasteiger partial charge in [-0.05, 0) is 17.7 Å². The number of ether oxygens (including phenoxy) is 1. The summed E-state index contributed by atoms with van der Waals surface area (Å²) in [6.45, 7) is 0.0210. The van der Waals surface area contributed by atoms with Crippen molar-refractivity contribution in [1.82, 2.24) is 5.32 Å². The first-order valence-corrected chi connectivity index (χ1v) is 6.53. The molecule has 0 aliphatic heterocycles. The number of esters is 1. The zero-order valence-electron chi connectivity index (χ0n) is 11.4.